The van der Waals surface area contributed by atoms with Gasteiger partial charge in [-0.1, -0.05) is 12.1 Å². The minimum atomic E-state index is 0. The van der Waals surface area contributed by atoms with Crippen LogP contribution in [-0.4, -0.2) is 0 Å². The fourth-order valence-corrected chi connectivity index (χ4v) is 2.82. The van der Waals surface area contributed by atoms with Gasteiger partial charge >= 0.3 is 26.2 Å². The van der Waals surface area contributed by atoms with Crippen molar-refractivity contribution in [2.45, 2.75) is 0 Å². The summed E-state index contributed by atoms with van der Waals surface area (Å²) in [5.41, 5.74) is 0. The standard InChI is InChI=1S/2C9H7.2C6H5.C2H4.Zr/c2*1-2-5-9-7-3-6-8(9)4-1;2*1-2-4-6-5-3-1;1-2;/h2*1-7H;2*1-5H;1-2H2;/q4*-1;;+4. The van der Waals surface area contributed by atoms with Gasteiger partial charge in [-0.3, -0.25) is 0 Å². The van der Waals surface area contributed by atoms with Gasteiger partial charge < -0.3 is 0 Å². The Hall–Kier alpha value is -3.28. The molecule has 0 aromatic heterocycles. The Morgan fingerprint density at radius 3 is 1.09 bits per heavy atom. The predicted octanol–water partition coefficient (Wildman–Crippen LogP) is 8.89. The molecule has 0 nitrogen and oxygen atoms in total. The van der Waals surface area contributed by atoms with Crippen LogP contribution in [0, 0.1) is 12.1 Å². The topological polar surface area (TPSA) is 0 Å². The molecule has 1 heteroatoms. The van der Waals surface area contributed by atoms with Gasteiger partial charge in [-0.2, -0.15) is 108 Å². The van der Waals surface area contributed by atoms with Gasteiger partial charge in [-0.05, 0) is 0 Å². The fourth-order valence-electron chi connectivity index (χ4n) is 2.82. The fraction of sp³-hybridized carbons (Fsp3) is 0. The zero-order valence-corrected chi connectivity index (χ0v) is 21.2. The van der Waals surface area contributed by atoms with E-state index in [1.54, 1.807) is 0 Å². The van der Waals surface area contributed by atoms with Crippen molar-refractivity contribution in [2.24, 2.45) is 0 Å². The number of rotatable bonds is 0. The first-order valence-electron chi connectivity index (χ1n) is 10.5. The Labute approximate surface area is 217 Å². The van der Waals surface area contributed by atoms with Crippen LogP contribution in [-0.2, 0) is 26.2 Å². The Morgan fingerprint density at radius 1 is 0.455 bits per heavy atom. The second-order valence-corrected chi connectivity index (χ2v) is 6.46. The minimum Gasteiger partial charge on any atom is -0.184 e. The van der Waals surface area contributed by atoms with Gasteiger partial charge in [-0.15, -0.1) is 72.5 Å². The quantitative estimate of drug-likeness (QED) is 0.143. The Bertz CT molecular complexity index is 989. The summed E-state index contributed by atoms with van der Waals surface area (Å²) in [7, 11) is 0. The molecular formula is C32H28Zr. The van der Waals surface area contributed by atoms with E-state index in [4.69, 9.17) is 0 Å². The number of fused-ring (bicyclic) bond motifs is 2. The molecule has 0 atom stereocenters. The molecule has 0 fully saturated rings. The average Bonchev–Trinajstić information content (AvgIpc) is 3.58. The first-order chi connectivity index (χ1) is 15.9. The summed E-state index contributed by atoms with van der Waals surface area (Å²) in [5.74, 6) is 0. The van der Waals surface area contributed by atoms with Crippen LogP contribution in [0.2, 0.25) is 0 Å². The third kappa shape index (κ3) is 11.2. The van der Waals surface area contributed by atoms with Gasteiger partial charge in [-0.25, -0.2) is 0 Å². The summed E-state index contributed by atoms with van der Waals surface area (Å²) in [6.07, 6.45) is 0. The molecule has 0 radical (unpaired) electrons. The van der Waals surface area contributed by atoms with E-state index in [2.05, 4.69) is 110 Å². The average molecular weight is 504 g/mol. The van der Waals surface area contributed by atoms with Crippen molar-refractivity contribution in [3.63, 3.8) is 0 Å². The summed E-state index contributed by atoms with van der Waals surface area (Å²) in [6.45, 7) is 6.00. The van der Waals surface area contributed by atoms with Crippen LogP contribution in [0.25, 0.3) is 21.5 Å². The van der Waals surface area contributed by atoms with Gasteiger partial charge in [0.05, 0.1) is 0 Å². The second kappa shape index (κ2) is 18.3. The van der Waals surface area contributed by atoms with Crippen molar-refractivity contribution in [2.75, 3.05) is 0 Å². The van der Waals surface area contributed by atoms with Crippen molar-refractivity contribution < 1.29 is 26.2 Å². The Balaban J connectivity index is 0.000000216. The summed E-state index contributed by atoms with van der Waals surface area (Å²) in [6, 6.07) is 54.3. The van der Waals surface area contributed by atoms with Crippen LogP contribution >= 0.6 is 0 Å². The van der Waals surface area contributed by atoms with E-state index < -0.39 is 0 Å². The Morgan fingerprint density at radius 2 is 0.818 bits per heavy atom. The van der Waals surface area contributed by atoms with E-state index >= 15 is 0 Å². The summed E-state index contributed by atoms with van der Waals surface area (Å²) >= 11 is 0. The maximum Gasteiger partial charge on any atom is 4.00 e. The second-order valence-electron chi connectivity index (χ2n) is 6.46. The SMILES string of the molecule is C=C.[Zr+4].[c-]1ccccc1.[c-]1ccccc1.c1ccc2[cH-]ccc2c1.c1ccc2[cH-]ccc2c1. The van der Waals surface area contributed by atoms with Crippen LogP contribution in [0.4, 0.5) is 0 Å². The van der Waals surface area contributed by atoms with Crippen LogP contribution in [0.3, 0.4) is 0 Å². The molecule has 0 saturated heterocycles. The normalized spacial score (nSPS) is 8.61. The van der Waals surface area contributed by atoms with Crippen LogP contribution < -0.4 is 0 Å². The van der Waals surface area contributed by atoms with Crippen LogP contribution in [0.5, 0.6) is 0 Å². The summed E-state index contributed by atoms with van der Waals surface area (Å²) in [4.78, 5) is 0. The van der Waals surface area contributed by atoms with Crippen molar-refractivity contribution in [1.29, 1.82) is 0 Å². The van der Waals surface area contributed by atoms with E-state index in [-0.39, 0.29) is 26.2 Å². The number of hydrogen-bond donors (Lipinski definition) is 0. The number of benzene rings is 4. The predicted molar refractivity (Wildman–Crippen MR) is 141 cm³/mol. The molecular weight excluding hydrogens is 476 g/mol. The van der Waals surface area contributed by atoms with Gasteiger partial charge in [0.25, 0.3) is 0 Å². The van der Waals surface area contributed by atoms with Gasteiger partial charge in [0.1, 0.15) is 0 Å². The maximum atomic E-state index is 3.00. The molecule has 33 heavy (non-hydrogen) atoms. The van der Waals surface area contributed by atoms with Crippen molar-refractivity contribution >= 4 is 21.5 Å². The van der Waals surface area contributed by atoms with Gasteiger partial charge in [0.2, 0.25) is 0 Å². The van der Waals surface area contributed by atoms with E-state index in [1.165, 1.54) is 21.5 Å². The molecule has 0 unspecified atom stereocenters. The zero-order valence-electron chi connectivity index (χ0n) is 18.8. The summed E-state index contributed by atoms with van der Waals surface area (Å²) in [5, 5.41) is 5.32. The molecule has 0 aliphatic carbocycles. The van der Waals surface area contributed by atoms with E-state index in [0.717, 1.165) is 0 Å². The molecule has 160 valence electrons. The first-order valence-corrected chi connectivity index (χ1v) is 10.5. The molecule has 0 heterocycles. The van der Waals surface area contributed by atoms with Gasteiger partial charge in [0, 0.05) is 0 Å². The summed E-state index contributed by atoms with van der Waals surface area (Å²) < 4.78 is 0. The molecule has 0 bridgehead atoms. The monoisotopic (exact) mass is 502 g/mol. The molecule has 0 saturated carbocycles. The molecule has 0 N–H and O–H groups in total. The zero-order chi connectivity index (χ0) is 22.7. The van der Waals surface area contributed by atoms with E-state index in [1.807, 2.05) is 60.7 Å². The third-order valence-corrected chi connectivity index (χ3v) is 4.31. The molecule has 6 aromatic rings. The molecule has 0 amide bonds. The molecule has 0 aliphatic heterocycles. The third-order valence-electron chi connectivity index (χ3n) is 4.31. The van der Waals surface area contributed by atoms with Crippen LogP contribution in [0.1, 0.15) is 0 Å². The van der Waals surface area contributed by atoms with Crippen LogP contribution in [0.15, 0.2) is 159 Å². The first kappa shape index (κ1) is 27.8. The largest absolute Gasteiger partial charge is 4.00 e. The van der Waals surface area contributed by atoms with Crippen molar-refractivity contribution in [1.82, 2.24) is 0 Å². The molecule has 6 aromatic carbocycles. The Kier molecular flexibility index (Phi) is 15.4. The maximum absolute atomic E-state index is 3.00. The van der Waals surface area contributed by atoms with Gasteiger partial charge in [0.15, 0.2) is 0 Å². The minimum absolute atomic E-state index is 0. The number of hydrogen-bond acceptors (Lipinski definition) is 0. The molecule has 0 spiro atoms. The van der Waals surface area contributed by atoms with Crippen molar-refractivity contribution in [3.05, 3.63) is 171 Å². The van der Waals surface area contributed by atoms with E-state index in [0.29, 0.717) is 0 Å². The molecule has 0 aliphatic rings. The van der Waals surface area contributed by atoms with E-state index in [9.17, 15) is 0 Å². The smallest absolute Gasteiger partial charge is 0.184 e. The van der Waals surface area contributed by atoms with Crippen molar-refractivity contribution in [3.8, 4) is 0 Å². The molecule has 6 rings (SSSR count).